The van der Waals surface area contributed by atoms with Crippen molar-refractivity contribution in [2.24, 2.45) is 0 Å². The zero-order valence-electron chi connectivity index (χ0n) is 18.5. The van der Waals surface area contributed by atoms with E-state index in [2.05, 4.69) is 75.8 Å². The number of rotatable bonds is 8. The van der Waals surface area contributed by atoms with E-state index in [-0.39, 0.29) is 5.91 Å². The SMILES string of the molecule is O=C(NCCCN1CCN(C(c2ccccc2)c2ccccc2)CC1)C1=CC(=S)CC=C1. The Morgan fingerprint density at radius 2 is 1.56 bits per heavy atom. The zero-order valence-corrected chi connectivity index (χ0v) is 19.3. The zero-order chi connectivity index (χ0) is 22.2. The molecule has 0 spiro atoms. The summed E-state index contributed by atoms with van der Waals surface area (Å²) >= 11 is 5.19. The van der Waals surface area contributed by atoms with Gasteiger partial charge in [0, 0.05) is 49.6 Å². The Morgan fingerprint density at radius 3 is 2.16 bits per heavy atom. The van der Waals surface area contributed by atoms with Gasteiger partial charge in [-0.15, -0.1) is 0 Å². The third-order valence-corrected chi connectivity index (χ3v) is 6.42. The van der Waals surface area contributed by atoms with Crippen LogP contribution in [0.15, 0.2) is 84.5 Å². The molecule has 1 heterocycles. The van der Waals surface area contributed by atoms with E-state index in [1.807, 2.05) is 12.2 Å². The van der Waals surface area contributed by atoms with Crippen LogP contribution in [0.2, 0.25) is 0 Å². The molecule has 1 saturated heterocycles. The minimum atomic E-state index is -0.0262. The summed E-state index contributed by atoms with van der Waals surface area (Å²) in [5, 5.41) is 3.03. The lowest BCUT2D eigenvalue weighted by molar-refractivity contribution is -0.117. The van der Waals surface area contributed by atoms with Gasteiger partial charge in [-0.25, -0.2) is 0 Å². The number of carbonyl (C=O) groups is 1. The maximum Gasteiger partial charge on any atom is 0.251 e. The van der Waals surface area contributed by atoms with Crippen LogP contribution in [-0.4, -0.2) is 59.8 Å². The average Bonchev–Trinajstić information content (AvgIpc) is 2.84. The smallest absolute Gasteiger partial charge is 0.251 e. The Hall–Kier alpha value is -2.60. The number of amides is 1. The fourth-order valence-corrected chi connectivity index (χ4v) is 4.68. The molecule has 2 aliphatic rings. The van der Waals surface area contributed by atoms with Gasteiger partial charge >= 0.3 is 0 Å². The van der Waals surface area contributed by atoms with Crippen molar-refractivity contribution in [2.45, 2.75) is 18.9 Å². The average molecular weight is 446 g/mol. The lowest BCUT2D eigenvalue weighted by Gasteiger charge is -2.39. The number of nitrogens with zero attached hydrogens (tertiary/aromatic N) is 2. The van der Waals surface area contributed by atoms with Crippen LogP contribution in [0.25, 0.3) is 0 Å². The Kier molecular flexibility index (Phi) is 7.99. The maximum atomic E-state index is 12.3. The van der Waals surface area contributed by atoms with Crippen LogP contribution in [0.1, 0.15) is 30.0 Å². The molecule has 166 valence electrons. The van der Waals surface area contributed by atoms with Crippen LogP contribution in [-0.2, 0) is 4.79 Å². The van der Waals surface area contributed by atoms with E-state index in [1.54, 1.807) is 6.08 Å². The number of hydrogen-bond donors (Lipinski definition) is 1. The van der Waals surface area contributed by atoms with Crippen LogP contribution in [0.3, 0.4) is 0 Å². The van der Waals surface area contributed by atoms with Crippen molar-refractivity contribution in [3.8, 4) is 0 Å². The molecule has 2 aromatic carbocycles. The van der Waals surface area contributed by atoms with Crippen LogP contribution in [0.4, 0.5) is 0 Å². The molecule has 1 aliphatic carbocycles. The number of thiocarbonyl (C=S) groups is 1. The molecule has 2 aromatic rings. The number of hydrogen-bond acceptors (Lipinski definition) is 4. The summed E-state index contributed by atoms with van der Waals surface area (Å²) in [6.07, 6.45) is 7.33. The molecule has 0 bridgehead atoms. The molecule has 0 unspecified atom stereocenters. The standard InChI is InChI=1S/C27H31N3OS/c31-27(24-13-7-14-25(32)21-24)28-15-8-16-29-17-19-30(20-18-29)26(22-9-3-1-4-10-22)23-11-5-2-6-12-23/h1-7,9-13,21,26H,8,14-20H2,(H,28,31). The van der Waals surface area contributed by atoms with Crippen molar-refractivity contribution in [2.75, 3.05) is 39.3 Å². The van der Waals surface area contributed by atoms with E-state index >= 15 is 0 Å². The molecule has 0 saturated carbocycles. The molecule has 4 rings (SSSR count). The van der Waals surface area contributed by atoms with Crippen LogP contribution in [0, 0.1) is 0 Å². The van der Waals surface area contributed by atoms with Gasteiger partial charge < -0.3 is 10.2 Å². The Bertz CT molecular complexity index is 923. The third-order valence-electron chi connectivity index (χ3n) is 6.13. The van der Waals surface area contributed by atoms with E-state index in [9.17, 15) is 4.79 Å². The predicted octanol–water partition coefficient (Wildman–Crippen LogP) is 4.16. The first kappa shape index (κ1) is 22.6. The summed E-state index contributed by atoms with van der Waals surface area (Å²) in [5.41, 5.74) is 3.36. The first-order valence-electron chi connectivity index (χ1n) is 11.5. The van der Waals surface area contributed by atoms with Crippen molar-refractivity contribution >= 4 is 23.0 Å². The number of benzene rings is 2. The van der Waals surface area contributed by atoms with Gasteiger partial charge in [0.25, 0.3) is 5.91 Å². The summed E-state index contributed by atoms with van der Waals surface area (Å²) in [6, 6.07) is 21.9. The maximum absolute atomic E-state index is 12.3. The van der Waals surface area contributed by atoms with Gasteiger partial charge in [0.2, 0.25) is 0 Å². The monoisotopic (exact) mass is 445 g/mol. The molecular formula is C27H31N3OS. The van der Waals surface area contributed by atoms with Crippen LogP contribution >= 0.6 is 12.2 Å². The van der Waals surface area contributed by atoms with Crippen LogP contribution < -0.4 is 5.32 Å². The second-order valence-corrected chi connectivity index (χ2v) is 8.91. The summed E-state index contributed by atoms with van der Waals surface area (Å²) < 4.78 is 0. The Labute approximate surface area is 196 Å². The summed E-state index contributed by atoms with van der Waals surface area (Å²) in [6.45, 7) is 5.86. The van der Waals surface area contributed by atoms with Gasteiger partial charge in [0.1, 0.15) is 0 Å². The van der Waals surface area contributed by atoms with Crippen molar-refractivity contribution in [1.82, 2.24) is 15.1 Å². The molecule has 32 heavy (non-hydrogen) atoms. The Balaban J connectivity index is 1.25. The molecule has 1 amide bonds. The third kappa shape index (κ3) is 6.00. The van der Waals surface area contributed by atoms with Crippen molar-refractivity contribution < 1.29 is 4.79 Å². The Morgan fingerprint density at radius 1 is 0.938 bits per heavy atom. The highest BCUT2D eigenvalue weighted by atomic mass is 32.1. The highest BCUT2D eigenvalue weighted by molar-refractivity contribution is 7.80. The van der Waals surface area contributed by atoms with Crippen molar-refractivity contribution in [1.29, 1.82) is 0 Å². The van der Waals surface area contributed by atoms with Gasteiger partial charge in [-0.3, -0.25) is 9.69 Å². The fraction of sp³-hybridized carbons (Fsp3) is 0.333. The largest absolute Gasteiger partial charge is 0.352 e. The predicted molar refractivity (Wildman–Crippen MR) is 135 cm³/mol. The van der Waals surface area contributed by atoms with Gasteiger partial charge in [0.05, 0.1) is 6.04 Å². The molecule has 4 nitrogen and oxygen atoms in total. The quantitative estimate of drug-likeness (QED) is 0.489. The first-order chi connectivity index (χ1) is 15.7. The number of allylic oxidation sites excluding steroid dienone is 2. The second-order valence-electron chi connectivity index (χ2n) is 8.38. The lowest BCUT2D eigenvalue weighted by atomic mass is 9.96. The van der Waals surface area contributed by atoms with E-state index < -0.39 is 0 Å². The summed E-state index contributed by atoms with van der Waals surface area (Å²) in [5.74, 6) is -0.0262. The summed E-state index contributed by atoms with van der Waals surface area (Å²) in [4.78, 5) is 18.2. The normalized spacial score (nSPS) is 17.4. The molecule has 0 aromatic heterocycles. The first-order valence-corrected chi connectivity index (χ1v) is 11.9. The number of carbonyl (C=O) groups excluding carboxylic acids is 1. The van der Waals surface area contributed by atoms with Gasteiger partial charge in [-0.05, 0) is 30.2 Å². The number of piperazine rings is 1. The van der Waals surface area contributed by atoms with Crippen molar-refractivity contribution in [3.63, 3.8) is 0 Å². The van der Waals surface area contributed by atoms with Crippen LogP contribution in [0.5, 0.6) is 0 Å². The van der Waals surface area contributed by atoms with E-state index in [4.69, 9.17) is 12.2 Å². The van der Waals surface area contributed by atoms with Gasteiger partial charge in [-0.2, -0.15) is 0 Å². The molecule has 0 atom stereocenters. The number of nitrogens with one attached hydrogen (secondary N) is 1. The topological polar surface area (TPSA) is 35.6 Å². The molecule has 5 heteroatoms. The molecule has 1 aliphatic heterocycles. The lowest BCUT2D eigenvalue weighted by Crippen LogP contribution is -2.48. The summed E-state index contributed by atoms with van der Waals surface area (Å²) in [7, 11) is 0. The van der Waals surface area contributed by atoms with Gasteiger partial charge in [-0.1, -0.05) is 85.0 Å². The van der Waals surface area contributed by atoms with E-state index in [1.165, 1.54) is 11.1 Å². The molecule has 1 fully saturated rings. The fourth-order valence-electron chi connectivity index (χ4n) is 4.46. The van der Waals surface area contributed by atoms with E-state index in [0.717, 1.165) is 50.4 Å². The highest BCUT2D eigenvalue weighted by Gasteiger charge is 2.26. The highest BCUT2D eigenvalue weighted by Crippen LogP contribution is 2.29. The minimum Gasteiger partial charge on any atom is -0.352 e. The van der Waals surface area contributed by atoms with E-state index in [0.29, 0.717) is 18.2 Å². The molecular weight excluding hydrogens is 414 g/mol. The second kappa shape index (κ2) is 11.3. The van der Waals surface area contributed by atoms with Crippen molar-refractivity contribution in [3.05, 3.63) is 95.6 Å². The van der Waals surface area contributed by atoms with Gasteiger partial charge in [0.15, 0.2) is 0 Å². The molecule has 0 radical (unpaired) electrons. The minimum absolute atomic E-state index is 0.0262. The molecule has 1 N–H and O–H groups in total.